The molecule has 136 valence electrons. The van der Waals surface area contributed by atoms with Gasteiger partial charge in [0.1, 0.15) is 12.6 Å². The Bertz CT molecular complexity index is 764. The minimum atomic E-state index is -0.710. The Morgan fingerprint density at radius 2 is 1.69 bits per heavy atom. The summed E-state index contributed by atoms with van der Waals surface area (Å²) in [6, 6.07) is 15.6. The molecule has 1 atom stereocenters. The summed E-state index contributed by atoms with van der Waals surface area (Å²) in [5, 5.41) is 2.57. The van der Waals surface area contributed by atoms with E-state index in [-0.39, 0.29) is 12.5 Å². The highest BCUT2D eigenvalue weighted by molar-refractivity contribution is 7.98. The van der Waals surface area contributed by atoms with Crippen molar-refractivity contribution in [3.05, 3.63) is 59.7 Å². The van der Waals surface area contributed by atoms with Gasteiger partial charge in [0.05, 0.1) is 0 Å². The van der Waals surface area contributed by atoms with E-state index in [1.807, 2.05) is 30.5 Å². The van der Waals surface area contributed by atoms with E-state index in [0.29, 0.717) is 6.42 Å². The van der Waals surface area contributed by atoms with Crippen LogP contribution in [-0.4, -0.2) is 36.7 Å². The van der Waals surface area contributed by atoms with E-state index >= 15 is 0 Å². The molecule has 2 aromatic carbocycles. The molecule has 2 amide bonds. The van der Waals surface area contributed by atoms with Crippen molar-refractivity contribution in [3.8, 4) is 11.1 Å². The standard InChI is InChI=1S/C20H22N2O3S/c1-26-11-10-18(19(21)23)22-20(24)25-12-17-15-8-4-2-6-13(15)14-7-3-5-9-16(14)17/h2-9,17-18H,10-12H2,1H3,(H2,21,23)(H,22,24). The van der Waals surface area contributed by atoms with Crippen molar-refractivity contribution in [1.29, 1.82) is 0 Å². The molecule has 0 saturated heterocycles. The Balaban J connectivity index is 1.68. The van der Waals surface area contributed by atoms with Gasteiger partial charge in [0.25, 0.3) is 0 Å². The van der Waals surface area contributed by atoms with Crippen molar-refractivity contribution in [2.24, 2.45) is 5.73 Å². The molecule has 0 aliphatic heterocycles. The summed E-state index contributed by atoms with van der Waals surface area (Å²) < 4.78 is 5.44. The van der Waals surface area contributed by atoms with Gasteiger partial charge in [0, 0.05) is 5.92 Å². The molecule has 1 aliphatic rings. The zero-order valence-electron chi connectivity index (χ0n) is 14.6. The highest BCUT2D eigenvalue weighted by atomic mass is 32.2. The van der Waals surface area contributed by atoms with E-state index in [1.54, 1.807) is 11.8 Å². The zero-order chi connectivity index (χ0) is 18.5. The summed E-state index contributed by atoms with van der Waals surface area (Å²) in [6.45, 7) is 0.216. The van der Waals surface area contributed by atoms with Gasteiger partial charge in [0.2, 0.25) is 5.91 Å². The first-order valence-electron chi connectivity index (χ1n) is 8.51. The van der Waals surface area contributed by atoms with Crippen LogP contribution in [0, 0.1) is 0 Å². The van der Waals surface area contributed by atoms with Crippen LogP contribution in [0.15, 0.2) is 48.5 Å². The number of primary amides is 1. The maximum absolute atomic E-state index is 12.2. The Kier molecular flexibility index (Phi) is 5.83. The van der Waals surface area contributed by atoms with E-state index in [2.05, 4.69) is 29.6 Å². The van der Waals surface area contributed by atoms with E-state index in [4.69, 9.17) is 10.5 Å². The third-order valence-electron chi connectivity index (χ3n) is 4.59. The third-order valence-corrected chi connectivity index (χ3v) is 5.23. The topological polar surface area (TPSA) is 81.4 Å². The Labute approximate surface area is 157 Å². The first-order chi connectivity index (χ1) is 12.6. The first-order valence-corrected chi connectivity index (χ1v) is 9.91. The lowest BCUT2D eigenvalue weighted by molar-refractivity contribution is -0.119. The fourth-order valence-corrected chi connectivity index (χ4v) is 3.78. The van der Waals surface area contributed by atoms with Gasteiger partial charge in [-0.3, -0.25) is 4.79 Å². The highest BCUT2D eigenvalue weighted by Crippen LogP contribution is 2.44. The number of fused-ring (bicyclic) bond motifs is 3. The van der Waals surface area contributed by atoms with E-state index in [9.17, 15) is 9.59 Å². The number of alkyl carbamates (subject to hydrolysis) is 1. The number of hydrogen-bond donors (Lipinski definition) is 2. The second-order valence-corrected chi connectivity index (χ2v) is 7.19. The summed E-state index contributed by atoms with van der Waals surface area (Å²) in [4.78, 5) is 23.6. The van der Waals surface area contributed by atoms with Crippen LogP contribution in [0.5, 0.6) is 0 Å². The summed E-state index contributed by atoms with van der Waals surface area (Å²) in [5.41, 5.74) is 10.00. The van der Waals surface area contributed by atoms with Crippen molar-refractivity contribution in [3.63, 3.8) is 0 Å². The van der Waals surface area contributed by atoms with Gasteiger partial charge in [0.15, 0.2) is 0 Å². The first kappa shape index (κ1) is 18.3. The summed E-state index contributed by atoms with van der Waals surface area (Å²) in [5.74, 6) is 0.177. The number of thioether (sulfide) groups is 1. The number of rotatable bonds is 7. The number of amides is 2. The molecule has 0 bridgehead atoms. The molecular weight excluding hydrogens is 348 g/mol. The largest absolute Gasteiger partial charge is 0.449 e. The number of hydrogen-bond acceptors (Lipinski definition) is 4. The Hall–Kier alpha value is -2.47. The molecule has 1 aliphatic carbocycles. The minimum absolute atomic E-state index is 0.00799. The van der Waals surface area contributed by atoms with Crippen LogP contribution in [0.25, 0.3) is 11.1 Å². The van der Waals surface area contributed by atoms with E-state index in [1.165, 1.54) is 11.1 Å². The van der Waals surface area contributed by atoms with Gasteiger partial charge in [-0.25, -0.2) is 4.79 Å². The molecule has 6 heteroatoms. The van der Waals surface area contributed by atoms with Crippen LogP contribution >= 0.6 is 11.8 Å². The van der Waals surface area contributed by atoms with Crippen molar-refractivity contribution >= 4 is 23.8 Å². The number of ether oxygens (including phenoxy) is 1. The smallest absolute Gasteiger partial charge is 0.407 e. The van der Waals surface area contributed by atoms with Gasteiger partial charge >= 0.3 is 6.09 Å². The fraction of sp³-hybridized carbons (Fsp3) is 0.300. The van der Waals surface area contributed by atoms with Crippen molar-refractivity contribution in [2.45, 2.75) is 18.4 Å². The van der Waals surface area contributed by atoms with Crippen LogP contribution in [-0.2, 0) is 9.53 Å². The highest BCUT2D eigenvalue weighted by Gasteiger charge is 2.29. The maximum Gasteiger partial charge on any atom is 0.407 e. The molecule has 5 nitrogen and oxygen atoms in total. The van der Waals surface area contributed by atoms with Crippen molar-refractivity contribution < 1.29 is 14.3 Å². The van der Waals surface area contributed by atoms with Gasteiger partial charge < -0.3 is 15.8 Å². The molecular formula is C20H22N2O3S. The van der Waals surface area contributed by atoms with Crippen LogP contribution in [0.2, 0.25) is 0 Å². The van der Waals surface area contributed by atoms with Gasteiger partial charge in [-0.1, -0.05) is 48.5 Å². The average Bonchev–Trinajstić information content (AvgIpc) is 2.97. The SMILES string of the molecule is CSCCC(NC(=O)OCC1c2ccccc2-c2ccccc21)C(N)=O. The van der Waals surface area contributed by atoms with Crippen molar-refractivity contribution in [2.75, 3.05) is 18.6 Å². The molecule has 2 aromatic rings. The predicted octanol–water partition coefficient (Wildman–Crippen LogP) is 3.13. The minimum Gasteiger partial charge on any atom is -0.449 e. The van der Waals surface area contributed by atoms with Gasteiger partial charge in [-0.15, -0.1) is 0 Å². The molecule has 0 radical (unpaired) electrons. The lowest BCUT2D eigenvalue weighted by Gasteiger charge is -2.17. The monoisotopic (exact) mass is 370 g/mol. The molecule has 3 N–H and O–H groups in total. The molecule has 0 saturated carbocycles. The summed E-state index contributed by atoms with van der Waals surface area (Å²) in [6.07, 6.45) is 1.81. The number of benzene rings is 2. The molecule has 0 heterocycles. The number of nitrogens with one attached hydrogen (secondary N) is 1. The second kappa shape index (κ2) is 8.27. The molecule has 0 spiro atoms. The average molecular weight is 370 g/mol. The van der Waals surface area contributed by atoms with Gasteiger partial charge in [-0.2, -0.15) is 11.8 Å². The van der Waals surface area contributed by atoms with Crippen LogP contribution in [0.1, 0.15) is 23.5 Å². The summed E-state index contributed by atoms with van der Waals surface area (Å²) in [7, 11) is 0. The molecule has 0 aromatic heterocycles. The van der Waals surface area contributed by atoms with E-state index in [0.717, 1.165) is 16.9 Å². The number of carbonyl (C=O) groups excluding carboxylic acids is 2. The lowest BCUT2D eigenvalue weighted by Crippen LogP contribution is -2.45. The number of nitrogens with two attached hydrogens (primary N) is 1. The zero-order valence-corrected chi connectivity index (χ0v) is 15.4. The maximum atomic E-state index is 12.2. The molecule has 1 unspecified atom stereocenters. The predicted molar refractivity (Wildman–Crippen MR) is 104 cm³/mol. The molecule has 26 heavy (non-hydrogen) atoms. The van der Waals surface area contributed by atoms with Crippen LogP contribution < -0.4 is 11.1 Å². The lowest BCUT2D eigenvalue weighted by atomic mass is 9.98. The van der Waals surface area contributed by atoms with E-state index < -0.39 is 18.0 Å². The van der Waals surface area contributed by atoms with Gasteiger partial charge in [-0.05, 0) is 40.7 Å². The van der Waals surface area contributed by atoms with Crippen LogP contribution in [0.3, 0.4) is 0 Å². The Morgan fingerprint density at radius 3 is 2.23 bits per heavy atom. The quantitative estimate of drug-likeness (QED) is 0.784. The fourth-order valence-electron chi connectivity index (χ4n) is 3.30. The van der Waals surface area contributed by atoms with Crippen molar-refractivity contribution in [1.82, 2.24) is 5.32 Å². The number of carbonyl (C=O) groups is 2. The normalized spacial score (nSPS) is 13.6. The van der Waals surface area contributed by atoms with Crippen LogP contribution in [0.4, 0.5) is 4.79 Å². The second-order valence-electron chi connectivity index (χ2n) is 6.21. The molecule has 3 rings (SSSR count). The Morgan fingerprint density at radius 1 is 1.12 bits per heavy atom. The molecule has 0 fully saturated rings. The third kappa shape index (κ3) is 3.85. The summed E-state index contributed by atoms with van der Waals surface area (Å²) >= 11 is 1.59.